The van der Waals surface area contributed by atoms with Gasteiger partial charge in [0.05, 0.1) is 34.1 Å². The van der Waals surface area contributed by atoms with Crippen LogP contribution in [0, 0.1) is 11.6 Å². The molecule has 3 aromatic carbocycles. The number of amides is 1. The Morgan fingerprint density at radius 1 is 1.05 bits per heavy atom. The number of carbonyl (C=O) groups excluding carboxylic acids is 1. The fourth-order valence-corrected chi connectivity index (χ4v) is 5.54. The number of aromatic nitrogens is 2. The number of nitrogens with one attached hydrogen (secondary N) is 2. The number of anilines is 2. The first-order valence-corrected chi connectivity index (χ1v) is 13.8. The summed E-state index contributed by atoms with van der Waals surface area (Å²) in [7, 11) is 1.88. The third-order valence-electron chi connectivity index (χ3n) is 7.30. The first-order valence-electron chi connectivity index (χ1n) is 13.0. The maximum absolute atomic E-state index is 14.8. The van der Waals surface area contributed by atoms with E-state index in [1.807, 2.05) is 7.05 Å². The summed E-state index contributed by atoms with van der Waals surface area (Å²) in [5.41, 5.74) is 3.16. The maximum Gasteiger partial charge on any atom is 0.255 e. The molecule has 0 radical (unpaired) electrons. The molecule has 42 heavy (non-hydrogen) atoms. The van der Waals surface area contributed by atoms with Gasteiger partial charge in [0.2, 0.25) is 5.95 Å². The molecule has 6 rings (SSSR count). The molecule has 216 valence electrons. The molecular weight excluding hydrogens is 581 g/mol. The van der Waals surface area contributed by atoms with Crippen LogP contribution in [0.25, 0.3) is 11.3 Å². The monoisotopic (exact) mass is 608 g/mol. The standard InChI is InChI=1S/C30H24Cl2F2N6O.CH4/c1-35-19-9-10-40(15-19)29(41)22-12-18(6-8-23(22)32)38-30-37-14-16-13-36-28(26-24(33)3-2-4-25(26)34)21-11-17(31)5-7-20(21)27(16)39-30;/h2-8,11-12,14,19,35H,9-10,13,15H2,1H3,(H,37,38,39);1H4. The minimum absolute atomic E-state index is 0. The number of hydrogen-bond donors (Lipinski definition) is 2. The summed E-state index contributed by atoms with van der Waals surface area (Å²) in [6.07, 6.45) is 2.50. The Labute approximate surface area is 252 Å². The molecule has 2 aliphatic heterocycles. The summed E-state index contributed by atoms with van der Waals surface area (Å²) in [6.45, 7) is 1.37. The van der Waals surface area contributed by atoms with E-state index >= 15 is 0 Å². The van der Waals surface area contributed by atoms with Crippen LogP contribution in [0.2, 0.25) is 10.0 Å². The number of carbonyl (C=O) groups is 1. The molecule has 0 saturated carbocycles. The van der Waals surface area contributed by atoms with E-state index in [0.29, 0.717) is 56.8 Å². The molecule has 0 bridgehead atoms. The Kier molecular flexibility index (Phi) is 8.54. The predicted octanol–water partition coefficient (Wildman–Crippen LogP) is 6.89. The highest BCUT2D eigenvalue weighted by Crippen LogP contribution is 2.35. The largest absolute Gasteiger partial charge is 0.337 e. The summed E-state index contributed by atoms with van der Waals surface area (Å²) < 4.78 is 29.6. The first kappa shape index (κ1) is 29.6. The van der Waals surface area contributed by atoms with Gasteiger partial charge in [0, 0.05) is 52.7 Å². The lowest BCUT2D eigenvalue weighted by molar-refractivity contribution is 0.0790. The van der Waals surface area contributed by atoms with Gasteiger partial charge in [-0.05, 0) is 55.9 Å². The minimum Gasteiger partial charge on any atom is -0.337 e. The number of likely N-dealkylation sites (tertiary alicyclic amines) is 1. The van der Waals surface area contributed by atoms with Crippen molar-refractivity contribution < 1.29 is 13.6 Å². The van der Waals surface area contributed by atoms with Crippen molar-refractivity contribution in [3.8, 4) is 11.3 Å². The van der Waals surface area contributed by atoms with Crippen LogP contribution in [0.1, 0.15) is 40.9 Å². The van der Waals surface area contributed by atoms with Crippen molar-refractivity contribution in [2.24, 2.45) is 4.99 Å². The summed E-state index contributed by atoms with van der Waals surface area (Å²) in [6, 6.07) is 14.1. The van der Waals surface area contributed by atoms with Crippen LogP contribution in [0.5, 0.6) is 0 Å². The first-order chi connectivity index (χ1) is 19.8. The van der Waals surface area contributed by atoms with E-state index in [1.54, 1.807) is 47.5 Å². The van der Waals surface area contributed by atoms with Crippen molar-refractivity contribution in [3.63, 3.8) is 0 Å². The molecule has 2 aliphatic rings. The number of halogens is 4. The molecule has 11 heteroatoms. The Morgan fingerprint density at radius 2 is 1.83 bits per heavy atom. The summed E-state index contributed by atoms with van der Waals surface area (Å²) in [4.78, 5) is 28.7. The number of aliphatic imine (C=N–C) groups is 1. The van der Waals surface area contributed by atoms with Crippen molar-refractivity contribution >= 4 is 46.5 Å². The van der Waals surface area contributed by atoms with Crippen LogP contribution in [-0.2, 0) is 6.54 Å². The van der Waals surface area contributed by atoms with Crippen LogP contribution >= 0.6 is 23.2 Å². The SMILES string of the molecule is C.CNC1CCN(C(=O)c2cc(Nc3ncc4c(n3)-c3ccc(Cl)cc3C(c3c(F)cccc3F)=NC4)ccc2Cl)C1. The lowest BCUT2D eigenvalue weighted by Crippen LogP contribution is -2.33. The Hall–Kier alpha value is -3.92. The van der Waals surface area contributed by atoms with Gasteiger partial charge in [0.25, 0.3) is 5.91 Å². The van der Waals surface area contributed by atoms with Gasteiger partial charge in [-0.1, -0.05) is 42.8 Å². The van der Waals surface area contributed by atoms with Gasteiger partial charge in [-0.3, -0.25) is 9.79 Å². The molecule has 1 amide bonds. The number of hydrogen-bond acceptors (Lipinski definition) is 6. The average molecular weight is 610 g/mol. The van der Waals surface area contributed by atoms with Crippen molar-refractivity contribution in [3.05, 3.63) is 105 Å². The second kappa shape index (κ2) is 12.1. The van der Waals surface area contributed by atoms with Crippen molar-refractivity contribution in [2.45, 2.75) is 26.4 Å². The number of fused-ring (bicyclic) bond motifs is 3. The highest BCUT2D eigenvalue weighted by Gasteiger charge is 2.28. The Morgan fingerprint density at radius 3 is 2.57 bits per heavy atom. The predicted molar refractivity (Wildman–Crippen MR) is 163 cm³/mol. The van der Waals surface area contributed by atoms with Gasteiger partial charge in [-0.25, -0.2) is 18.7 Å². The molecule has 3 heterocycles. The fraction of sp³-hybridized carbons (Fsp3) is 0.226. The third-order valence-corrected chi connectivity index (χ3v) is 7.86. The van der Waals surface area contributed by atoms with Gasteiger partial charge in [-0.15, -0.1) is 0 Å². The van der Waals surface area contributed by atoms with Gasteiger partial charge >= 0.3 is 0 Å². The van der Waals surface area contributed by atoms with E-state index in [9.17, 15) is 13.6 Å². The lowest BCUT2D eigenvalue weighted by atomic mass is 9.95. The fourth-order valence-electron chi connectivity index (χ4n) is 5.17. The van der Waals surface area contributed by atoms with Gasteiger partial charge in [0.1, 0.15) is 11.6 Å². The number of benzene rings is 3. The molecule has 1 aromatic heterocycles. The van der Waals surface area contributed by atoms with Crippen LogP contribution in [-0.4, -0.2) is 52.7 Å². The molecule has 1 unspecified atom stereocenters. The topological polar surface area (TPSA) is 82.5 Å². The highest BCUT2D eigenvalue weighted by molar-refractivity contribution is 6.34. The molecular formula is C31H28Cl2F2N6O. The van der Waals surface area contributed by atoms with E-state index in [2.05, 4.69) is 20.6 Å². The van der Waals surface area contributed by atoms with E-state index < -0.39 is 11.6 Å². The molecule has 4 aromatic rings. The van der Waals surface area contributed by atoms with Crippen LogP contribution in [0.4, 0.5) is 20.4 Å². The second-order valence-electron chi connectivity index (χ2n) is 9.86. The smallest absolute Gasteiger partial charge is 0.255 e. The Bertz CT molecular complexity index is 1690. The lowest BCUT2D eigenvalue weighted by Gasteiger charge is -2.18. The molecule has 2 N–H and O–H groups in total. The van der Waals surface area contributed by atoms with E-state index in [0.717, 1.165) is 6.42 Å². The second-order valence-corrected chi connectivity index (χ2v) is 10.7. The van der Waals surface area contributed by atoms with Crippen LogP contribution < -0.4 is 10.6 Å². The number of likely N-dealkylation sites (N-methyl/N-ethyl adjacent to an activating group) is 1. The normalized spacial score (nSPS) is 15.7. The van der Waals surface area contributed by atoms with Gasteiger partial charge in [-0.2, -0.15) is 0 Å². The van der Waals surface area contributed by atoms with E-state index in [-0.39, 0.29) is 43.1 Å². The van der Waals surface area contributed by atoms with Gasteiger partial charge in [0.15, 0.2) is 0 Å². The van der Waals surface area contributed by atoms with Crippen LogP contribution in [0.3, 0.4) is 0 Å². The summed E-state index contributed by atoms with van der Waals surface area (Å²) in [5, 5.41) is 7.11. The summed E-state index contributed by atoms with van der Waals surface area (Å²) in [5.74, 6) is -1.33. The highest BCUT2D eigenvalue weighted by atomic mass is 35.5. The quantitative estimate of drug-likeness (QED) is 0.258. The number of rotatable bonds is 5. The van der Waals surface area contributed by atoms with E-state index in [4.69, 9.17) is 28.2 Å². The average Bonchev–Trinajstić information content (AvgIpc) is 3.39. The third kappa shape index (κ3) is 5.60. The zero-order chi connectivity index (χ0) is 28.7. The molecule has 0 aliphatic carbocycles. The molecule has 7 nitrogen and oxygen atoms in total. The minimum atomic E-state index is -0.724. The van der Waals surface area contributed by atoms with Crippen molar-refractivity contribution in [1.82, 2.24) is 20.2 Å². The van der Waals surface area contributed by atoms with Gasteiger partial charge < -0.3 is 15.5 Å². The number of nitrogens with zero attached hydrogens (tertiary/aromatic N) is 4. The van der Waals surface area contributed by atoms with Crippen molar-refractivity contribution in [2.75, 3.05) is 25.5 Å². The molecule has 1 saturated heterocycles. The molecule has 1 fully saturated rings. The van der Waals surface area contributed by atoms with Crippen molar-refractivity contribution in [1.29, 1.82) is 0 Å². The molecule has 1 atom stereocenters. The summed E-state index contributed by atoms with van der Waals surface area (Å²) >= 11 is 12.7. The van der Waals surface area contributed by atoms with E-state index in [1.165, 1.54) is 18.2 Å². The Balaban J connectivity index is 0.00000353. The molecule has 0 spiro atoms. The zero-order valence-corrected chi connectivity index (χ0v) is 23.4. The zero-order valence-electron chi connectivity index (χ0n) is 21.9. The maximum atomic E-state index is 14.8. The van der Waals surface area contributed by atoms with Crippen LogP contribution in [0.15, 0.2) is 65.8 Å².